The smallest absolute Gasteiger partial charge is 0.353 e. The van der Waals surface area contributed by atoms with E-state index in [0.717, 1.165) is 19.8 Å². The molecule has 0 amide bonds. The number of rotatable bonds is 3. The van der Waals surface area contributed by atoms with E-state index in [4.69, 9.17) is 9.47 Å². The van der Waals surface area contributed by atoms with Crippen LogP contribution in [0.1, 0.15) is 26.2 Å². The summed E-state index contributed by atoms with van der Waals surface area (Å²) in [6.07, 6.45) is -1.98. The fraction of sp³-hybridized carbons (Fsp3) is 1.00. The number of halogens is 3. The van der Waals surface area contributed by atoms with Gasteiger partial charge in [-0.15, -0.1) is 0 Å². The van der Waals surface area contributed by atoms with E-state index in [0.29, 0.717) is 13.0 Å². The summed E-state index contributed by atoms with van der Waals surface area (Å²) in [4.78, 5) is 0. The van der Waals surface area contributed by atoms with Crippen LogP contribution in [0.15, 0.2) is 0 Å². The Balaban J connectivity index is 2.19. The van der Waals surface area contributed by atoms with E-state index in [-0.39, 0.29) is 6.61 Å². The van der Waals surface area contributed by atoms with Gasteiger partial charge in [0.1, 0.15) is 0 Å². The summed E-state index contributed by atoms with van der Waals surface area (Å²) in [6, 6.07) is 0. The van der Waals surface area contributed by atoms with E-state index in [1.807, 2.05) is 0 Å². The predicted molar refractivity (Wildman–Crippen MR) is 44.8 cm³/mol. The highest BCUT2D eigenvalue weighted by Crippen LogP contribution is 2.26. The van der Waals surface area contributed by atoms with Gasteiger partial charge in [0, 0.05) is 6.61 Å². The zero-order valence-electron chi connectivity index (χ0n) is 8.14. The molecule has 0 bridgehead atoms. The summed E-state index contributed by atoms with van der Waals surface area (Å²) in [5, 5.41) is 0. The molecule has 0 N–H and O–H groups in total. The Morgan fingerprint density at radius 2 is 2.14 bits per heavy atom. The van der Waals surface area contributed by atoms with Gasteiger partial charge in [0.15, 0.2) is 6.29 Å². The Kier molecular flexibility index (Phi) is 4.19. The van der Waals surface area contributed by atoms with Crippen molar-refractivity contribution in [1.29, 1.82) is 0 Å². The van der Waals surface area contributed by atoms with Gasteiger partial charge in [0.25, 0.3) is 0 Å². The van der Waals surface area contributed by atoms with Crippen LogP contribution >= 0.6 is 0 Å². The molecule has 0 aliphatic carbocycles. The lowest BCUT2D eigenvalue weighted by Gasteiger charge is -2.24. The van der Waals surface area contributed by atoms with Crippen molar-refractivity contribution in [1.82, 2.24) is 0 Å². The first-order valence-electron chi connectivity index (χ1n) is 4.80. The third-order valence-corrected chi connectivity index (χ3v) is 2.23. The van der Waals surface area contributed by atoms with Crippen LogP contribution in [0.4, 0.5) is 13.2 Å². The first kappa shape index (κ1) is 11.8. The monoisotopic (exact) mass is 212 g/mol. The molecule has 2 atom stereocenters. The minimum atomic E-state index is -4.17. The van der Waals surface area contributed by atoms with Crippen LogP contribution < -0.4 is 0 Å². The van der Waals surface area contributed by atoms with Gasteiger partial charge >= 0.3 is 6.18 Å². The lowest BCUT2D eigenvalue weighted by Crippen LogP contribution is -2.29. The highest BCUT2D eigenvalue weighted by Gasteiger charge is 2.36. The van der Waals surface area contributed by atoms with Gasteiger partial charge in [-0.3, -0.25) is 0 Å². The number of hydrogen-bond acceptors (Lipinski definition) is 2. The van der Waals surface area contributed by atoms with Crippen LogP contribution in [0.2, 0.25) is 0 Å². The highest BCUT2D eigenvalue weighted by molar-refractivity contribution is 4.62. The second-order valence-corrected chi connectivity index (χ2v) is 3.57. The molecule has 1 aliphatic rings. The Hall–Kier alpha value is -0.290. The summed E-state index contributed by atoms with van der Waals surface area (Å²) in [6.45, 7) is 1.39. The molecule has 1 aliphatic heterocycles. The molecule has 0 aromatic heterocycles. The van der Waals surface area contributed by atoms with Crippen molar-refractivity contribution in [2.75, 3.05) is 13.2 Å². The Morgan fingerprint density at radius 3 is 2.64 bits per heavy atom. The van der Waals surface area contributed by atoms with Crippen LogP contribution in [-0.4, -0.2) is 25.7 Å². The zero-order chi connectivity index (χ0) is 10.6. The van der Waals surface area contributed by atoms with Crippen molar-refractivity contribution < 1.29 is 22.6 Å². The molecule has 0 aromatic carbocycles. The van der Waals surface area contributed by atoms with Crippen LogP contribution in [0.3, 0.4) is 0 Å². The van der Waals surface area contributed by atoms with Gasteiger partial charge in [-0.2, -0.15) is 13.2 Å². The van der Waals surface area contributed by atoms with E-state index in [2.05, 4.69) is 0 Å². The molecule has 84 valence electrons. The fourth-order valence-corrected chi connectivity index (χ4v) is 1.19. The third kappa shape index (κ3) is 3.84. The van der Waals surface area contributed by atoms with Crippen molar-refractivity contribution in [3.05, 3.63) is 0 Å². The quantitative estimate of drug-likeness (QED) is 0.716. The molecule has 1 unspecified atom stereocenters. The summed E-state index contributed by atoms with van der Waals surface area (Å²) >= 11 is 0. The highest BCUT2D eigenvalue weighted by atomic mass is 19.4. The van der Waals surface area contributed by atoms with E-state index in [1.54, 1.807) is 0 Å². The molecule has 0 saturated carbocycles. The van der Waals surface area contributed by atoms with Crippen molar-refractivity contribution >= 4 is 0 Å². The third-order valence-electron chi connectivity index (χ3n) is 2.23. The maximum atomic E-state index is 12.1. The molecule has 14 heavy (non-hydrogen) atoms. The Bertz CT molecular complexity index is 164. The van der Waals surface area contributed by atoms with E-state index in [1.165, 1.54) is 0 Å². The van der Waals surface area contributed by atoms with Gasteiger partial charge in [-0.1, -0.05) is 6.92 Å². The standard InChI is InChI=1S/C9H15F3O2/c1-7(9(10,11)12)6-14-8-4-2-3-5-13-8/h7-8H,2-6H2,1H3/t7-,8?/m0/s1. The Morgan fingerprint density at radius 1 is 1.43 bits per heavy atom. The number of alkyl halides is 3. The normalized spacial score (nSPS) is 26.1. The number of ether oxygens (including phenoxy) is 2. The first-order chi connectivity index (χ1) is 6.50. The van der Waals surface area contributed by atoms with Gasteiger partial charge < -0.3 is 9.47 Å². The van der Waals surface area contributed by atoms with Crippen molar-refractivity contribution in [3.8, 4) is 0 Å². The Labute approximate surface area is 81.4 Å². The average Bonchev–Trinajstić information content (AvgIpc) is 2.14. The molecule has 0 radical (unpaired) electrons. The number of hydrogen-bond donors (Lipinski definition) is 0. The van der Waals surface area contributed by atoms with Crippen molar-refractivity contribution in [2.24, 2.45) is 5.92 Å². The van der Waals surface area contributed by atoms with E-state index in [9.17, 15) is 13.2 Å². The second kappa shape index (κ2) is 4.98. The molecule has 0 aromatic rings. The summed E-state index contributed by atoms with van der Waals surface area (Å²) in [5.74, 6) is -1.42. The molecule has 1 rings (SSSR count). The van der Waals surface area contributed by atoms with Gasteiger partial charge in [-0.05, 0) is 19.3 Å². The summed E-state index contributed by atoms with van der Waals surface area (Å²) in [7, 11) is 0. The summed E-state index contributed by atoms with van der Waals surface area (Å²) in [5.41, 5.74) is 0. The van der Waals surface area contributed by atoms with Crippen molar-refractivity contribution in [2.45, 2.75) is 38.7 Å². The molecule has 1 saturated heterocycles. The molecular weight excluding hydrogens is 197 g/mol. The van der Waals surface area contributed by atoms with Crippen LogP contribution in [0.25, 0.3) is 0 Å². The van der Waals surface area contributed by atoms with Crippen molar-refractivity contribution in [3.63, 3.8) is 0 Å². The molecule has 2 nitrogen and oxygen atoms in total. The predicted octanol–water partition coefficient (Wildman–Crippen LogP) is 2.73. The zero-order valence-corrected chi connectivity index (χ0v) is 8.14. The molecule has 5 heteroatoms. The van der Waals surface area contributed by atoms with Crippen LogP contribution in [0, 0.1) is 5.92 Å². The molecule has 1 heterocycles. The fourth-order valence-electron chi connectivity index (χ4n) is 1.19. The first-order valence-corrected chi connectivity index (χ1v) is 4.80. The van der Waals surface area contributed by atoms with Gasteiger partial charge in [-0.25, -0.2) is 0 Å². The maximum Gasteiger partial charge on any atom is 0.393 e. The van der Waals surface area contributed by atoms with Crippen LogP contribution in [-0.2, 0) is 9.47 Å². The average molecular weight is 212 g/mol. The lowest BCUT2D eigenvalue weighted by atomic mass is 10.2. The second-order valence-electron chi connectivity index (χ2n) is 3.57. The molecule has 0 spiro atoms. The molecular formula is C9H15F3O2. The SMILES string of the molecule is C[C@@H](COC1CCCCO1)C(F)(F)F. The summed E-state index contributed by atoms with van der Waals surface area (Å²) < 4.78 is 46.4. The minimum absolute atomic E-state index is 0.311. The van der Waals surface area contributed by atoms with Gasteiger partial charge in [0.2, 0.25) is 0 Å². The van der Waals surface area contributed by atoms with Gasteiger partial charge in [0.05, 0.1) is 12.5 Å². The van der Waals surface area contributed by atoms with Crippen LogP contribution in [0.5, 0.6) is 0 Å². The largest absolute Gasteiger partial charge is 0.393 e. The minimum Gasteiger partial charge on any atom is -0.353 e. The maximum absolute atomic E-state index is 12.1. The van der Waals surface area contributed by atoms with E-state index < -0.39 is 18.4 Å². The lowest BCUT2D eigenvalue weighted by molar-refractivity contribution is -0.217. The molecule has 1 fully saturated rings. The topological polar surface area (TPSA) is 18.5 Å². The van der Waals surface area contributed by atoms with E-state index >= 15 is 0 Å².